The van der Waals surface area contributed by atoms with Gasteiger partial charge in [0.25, 0.3) is 0 Å². The van der Waals surface area contributed by atoms with Gasteiger partial charge in [-0.25, -0.2) is 9.97 Å². The summed E-state index contributed by atoms with van der Waals surface area (Å²) in [4.78, 5) is 20.0. The molecule has 31 heavy (non-hydrogen) atoms. The first-order valence-corrected chi connectivity index (χ1v) is 9.62. The lowest BCUT2D eigenvalue weighted by Gasteiger charge is -2.15. The average Bonchev–Trinajstić information content (AvgIpc) is 3.01. The number of nitrogens with zero attached hydrogens (tertiary/aromatic N) is 3. The fourth-order valence-corrected chi connectivity index (χ4v) is 3.74. The van der Waals surface area contributed by atoms with Gasteiger partial charge >= 0.3 is 6.18 Å². The molecule has 162 valence electrons. The number of alkyl halides is 3. The zero-order valence-corrected chi connectivity index (χ0v) is 18.1. The number of carbonyl (C=O) groups excluding carboxylic acids is 1. The van der Waals surface area contributed by atoms with Crippen LogP contribution in [0.4, 0.5) is 13.2 Å². The highest BCUT2D eigenvalue weighted by Gasteiger charge is 2.35. The highest BCUT2D eigenvalue weighted by Crippen LogP contribution is 2.38. The van der Waals surface area contributed by atoms with Crippen LogP contribution in [0.3, 0.4) is 0 Å². The van der Waals surface area contributed by atoms with Gasteiger partial charge in [-0.1, -0.05) is 23.2 Å². The zero-order valence-electron chi connectivity index (χ0n) is 16.6. The molecule has 3 aromatic rings. The molecule has 0 spiro atoms. The maximum atomic E-state index is 13.4. The fourth-order valence-electron chi connectivity index (χ4n) is 3.23. The molecular formula is C21H16Cl2F3N3O2. The summed E-state index contributed by atoms with van der Waals surface area (Å²) in [6, 6.07) is 6.75. The van der Waals surface area contributed by atoms with Crippen LogP contribution in [0.15, 0.2) is 36.5 Å². The number of aromatic nitrogens is 3. The molecule has 0 aliphatic heterocycles. The molecule has 0 fully saturated rings. The van der Waals surface area contributed by atoms with Gasteiger partial charge in [0.15, 0.2) is 6.29 Å². The van der Waals surface area contributed by atoms with Gasteiger partial charge in [-0.3, -0.25) is 4.79 Å². The molecule has 0 N–H and O–H groups in total. The predicted octanol–water partition coefficient (Wildman–Crippen LogP) is 5.87. The molecule has 2 aromatic heterocycles. The highest BCUT2D eigenvalue weighted by atomic mass is 35.5. The quantitative estimate of drug-likeness (QED) is 0.266. The number of methoxy groups -OCH3 is 1. The molecule has 0 atom stereocenters. The number of aldehydes is 1. The number of halogens is 5. The minimum absolute atomic E-state index is 0.0428. The van der Waals surface area contributed by atoms with Gasteiger partial charge in [0.05, 0.1) is 17.7 Å². The summed E-state index contributed by atoms with van der Waals surface area (Å²) < 4.78 is 46.7. The first-order chi connectivity index (χ1) is 14.6. The van der Waals surface area contributed by atoms with Gasteiger partial charge in [0.1, 0.15) is 22.4 Å². The maximum absolute atomic E-state index is 13.4. The summed E-state index contributed by atoms with van der Waals surface area (Å²) in [7, 11) is 1.17. The number of benzene rings is 1. The van der Waals surface area contributed by atoms with E-state index in [0.29, 0.717) is 23.4 Å². The van der Waals surface area contributed by atoms with Crippen molar-refractivity contribution >= 4 is 40.1 Å². The van der Waals surface area contributed by atoms with Gasteiger partial charge < -0.3 is 9.30 Å². The van der Waals surface area contributed by atoms with E-state index in [1.54, 1.807) is 19.9 Å². The van der Waals surface area contributed by atoms with Crippen LogP contribution >= 0.6 is 23.2 Å². The number of carbonyl (C=O) groups is 1. The molecule has 1 aromatic carbocycles. The molecule has 0 saturated carbocycles. The van der Waals surface area contributed by atoms with Gasteiger partial charge in [-0.15, -0.1) is 0 Å². The Morgan fingerprint density at radius 3 is 2.48 bits per heavy atom. The third-order valence-corrected chi connectivity index (χ3v) is 5.21. The second-order valence-corrected chi connectivity index (χ2v) is 7.29. The molecule has 0 amide bonds. The molecule has 10 heteroatoms. The normalized spacial score (nSPS) is 12.5. The predicted molar refractivity (Wildman–Crippen MR) is 113 cm³/mol. The van der Waals surface area contributed by atoms with Crippen LogP contribution < -0.4 is 4.74 Å². The van der Waals surface area contributed by atoms with Crippen molar-refractivity contribution in [2.24, 2.45) is 0 Å². The van der Waals surface area contributed by atoms with Crippen molar-refractivity contribution in [1.82, 2.24) is 14.5 Å². The first kappa shape index (κ1) is 22.8. The first-order valence-electron chi connectivity index (χ1n) is 8.87. The highest BCUT2D eigenvalue weighted by molar-refractivity contribution is 6.55. The van der Waals surface area contributed by atoms with Crippen molar-refractivity contribution in [1.29, 1.82) is 0 Å². The Kier molecular flexibility index (Phi) is 6.43. The number of aryl methyl sites for hydroxylation is 1. The molecular weight excluding hydrogens is 454 g/mol. The van der Waals surface area contributed by atoms with E-state index in [0.717, 1.165) is 6.07 Å². The van der Waals surface area contributed by atoms with E-state index in [9.17, 15) is 18.0 Å². The van der Waals surface area contributed by atoms with Crippen molar-refractivity contribution in [2.75, 3.05) is 7.11 Å². The van der Waals surface area contributed by atoms with Crippen molar-refractivity contribution in [3.63, 3.8) is 0 Å². The SMILES string of the molecule is COc1ccc(-n2c(C)nc(/C(Cl)=C(\C=O)c3ccnc(Cl)c3)c2C)cc1C(F)(F)F. The van der Waals surface area contributed by atoms with Gasteiger partial charge in [-0.2, -0.15) is 13.2 Å². The van der Waals surface area contributed by atoms with E-state index in [2.05, 4.69) is 9.97 Å². The molecule has 5 nitrogen and oxygen atoms in total. The summed E-state index contributed by atoms with van der Waals surface area (Å²) in [5, 5.41) is 0.221. The second-order valence-electron chi connectivity index (χ2n) is 6.52. The lowest BCUT2D eigenvalue weighted by molar-refractivity contribution is -0.138. The topological polar surface area (TPSA) is 57.0 Å². The number of imidazole rings is 1. The third kappa shape index (κ3) is 4.45. The number of allylic oxidation sites excluding steroid dienone is 1. The van der Waals surface area contributed by atoms with Crippen molar-refractivity contribution < 1.29 is 22.7 Å². The number of hydrogen-bond donors (Lipinski definition) is 0. The Morgan fingerprint density at radius 2 is 1.90 bits per heavy atom. The van der Waals surface area contributed by atoms with Crippen LogP contribution in [0.5, 0.6) is 5.75 Å². The third-order valence-electron chi connectivity index (χ3n) is 4.62. The molecule has 0 aliphatic carbocycles. The molecule has 0 radical (unpaired) electrons. The van der Waals surface area contributed by atoms with Gasteiger partial charge in [0, 0.05) is 23.2 Å². The van der Waals surface area contributed by atoms with Gasteiger partial charge in [0.2, 0.25) is 0 Å². The Morgan fingerprint density at radius 1 is 1.19 bits per heavy atom. The van der Waals surface area contributed by atoms with E-state index in [1.165, 1.54) is 36.1 Å². The van der Waals surface area contributed by atoms with Crippen LogP contribution in [0.1, 0.15) is 28.3 Å². The Hall–Kier alpha value is -2.84. The van der Waals surface area contributed by atoms with E-state index in [1.807, 2.05) is 0 Å². The largest absolute Gasteiger partial charge is 0.496 e. The van der Waals surface area contributed by atoms with E-state index in [-0.39, 0.29) is 32.9 Å². The number of hydrogen-bond acceptors (Lipinski definition) is 4. The average molecular weight is 470 g/mol. The van der Waals surface area contributed by atoms with Crippen molar-refractivity contribution in [3.05, 3.63) is 70.0 Å². The molecule has 3 rings (SSSR count). The smallest absolute Gasteiger partial charge is 0.420 e. The summed E-state index contributed by atoms with van der Waals surface area (Å²) in [5.74, 6) is 0.101. The fraction of sp³-hybridized carbons (Fsp3) is 0.190. The summed E-state index contributed by atoms with van der Waals surface area (Å²) in [6.07, 6.45) is -2.61. The van der Waals surface area contributed by atoms with Crippen LogP contribution in [0, 0.1) is 13.8 Å². The standard InChI is InChI=1S/C21H16Cl2F3N3O2/c1-11-20(19(23)15(10-30)13-6-7-27-18(22)8-13)28-12(2)29(11)14-4-5-17(31-3)16(9-14)21(24,25)26/h4-10H,1-3H3/b19-15-. The lowest BCUT2D eigenvalue weighted by Crippen LogP contribution is -2.09. The maximum Gasteiger partial charge on any atom is 0.420 e. The molecule has 0 aliphatic rings. The van der Waals surface area contributed by atoms with Crippen molar-refractivity contribution in [3.8, 4) is 11.4 Å². The molecule has 0 saturated heterocycles. The van der Waals surface area contributed by atoms with E-state index < -0.39 is 11.7 Å². The summed E-state index contributed by atoms with van der Waals surface area (Å²) in [6.45, 7) is 3.28. The van der Waals surface area contributed by atoms with E-state index >= 15 is 0 Å². The number of pyridine rings is 1. The van der Waals surface area contributed by atoms with Crippen LogP contribution in [0.25, 0.3) is 16.3 Å². The zero-order chi connectivity index (χ0) is 22.9. The van der Waals surface area contributed by atoms with Crippen LogP contribution in [-0.2, 0) is 11.0 Å². The van der Waals surface area contributed by atoms with Crippen LogP contribution in [-0.4, -0.2) is 27.9 Å². The Labute approximate surface area is 186 Å². The molecule has 0 unspecified atom stereocenters. The minimum atomic E-state index is -4.60. The molecule has 0 bridgehead atoms. The number of rotatable bonds is 5. The van der Waals surface area contributed by atoms with Crippen molar-refractivity contribution in [2.45, 2.75) is 20.0 Å². The lowest BCUT2D eigenvalue weighted by atomic mass is 10.1. The Balaban J connectivity index is 2.19. The monoisotopic (exact) mass is 469 g/mol. The second kappa shape index (κ2) is 8.72. The Bertz CT molecular complexity index is 1190. The molecule has 2 heterocycles. The minimum Gasteiger partial charge on any atom is -0.496 e. The van der Waals surface area contributed by atoms with E-state index in [4.69, 9.17) is 27.9 Å². The van der Waals surface area contributed by atoms with Gasteiger partial charge in [-0.05, 0) is 49.7 Å². The number of ether oxygens (including phenoxy) is 1. The van der Waals surface area contributed by atoms with Crippen LogP contribution in [0.2, 0.25) is 5.15 Å². The summed E-state index contributed by atoms with van der Waals surface area (Å²) >= 11 is 12.4. The summed E-state index contributed by atoms with van der Waals surface area (Å²) in [5.41, 5.74) is 0.604.